The van der Waals surface area contributed by atoms with Gasteiger partial charge in [0, 0.05) is 18.8 Å². The quantitative estimate of drug-likeness (QED) is 0.630. The fraction of sp³-hybridized carbons (Fsp3) is 0.458. The Labute approximate surface area is 192 Å². The number of amides is 1. The van der Waals surface area contributed by atoms with Gasteiger partial charge in [-0.1, -0.05) is 43.0 Å². The van der Waals surface area contributed by atoms with Gasteiger partial charge in [-0.2, -0.15) is 0 Å². The fourth-order valence-corrected chi connectivity index (χ4v) is 5.30. The molecule has 1 aromatic carbocycles. The lowest BCUT2D eigenvalue weighted by Crippen LogP contribution is -2.39. The molecule has 3 heterocycles. The van der Waals surface area contributed by atoms with Crippen molar-refractivity contribution < 1.29 is 19.1 Å². The van der Waals surface area contributed by atoms with Crippen LogP contribution < -0.4 is 5.32 Å². The number of benzene rings is 1. The van der Waals surface area contributed by atoms with Gasteiger partial charge >= 0.3 is 5.97 Å². The normalized spacial score (nSPS) is 22.4. The van der Waals surface area contributed by atoms with Gasteiger partial charge in [-0.3, -0.25) is 4.79 Å². The number of thioether (sulfide) groups is 1. The molecule has 0 radical (unpaired) electrons. The number of nitrogens with one attached hydrogen (secondary N) is 1. The molecule has 0 unspecified atom stereocenters. The Kier molecular flexibility index (Phi) is 7.01. The molecule has 1 fully saturated rings. The highest BCUT2D eigenvalue weighted by Crippen LogP contribution is 2.46. The molecule has 7 nitrogen and oxygen atoms in total. The molecule has 1 saturated heterocycles. The van der Waals surface area contributed by atoms with E-state index in [1.807, 2.05) is 48.4 Å². The average Bonchev–Trinajstić information content (AvgIpc) is 3.46. The lowest BCUT2D eigenvalue weighted by molar-refractivity contribution is -0.136. The summed E-state index contributed by atoms with van der Waals surface area (Å²) in [5.74, 6) is -0.459. The zero-order chi connectivity index (χ0) is 22.7. The first-order valence-corrected chi connectivity index (χ1v) is 11.9. The second-order valence-electron chi connectivity index (χ2n) is 8.07. The minimum absolute atomic E-state index is 0.0676. The summed E-state index contributed by atoms with van der Waals surface area (Å²) in [5, 5.41) is 5.74. The van der Waals surface area contributed by atoms with Crippen LogP contribution in [0.5, 0.6) is 0 Å². The van der Waals surface area contributed by atoms with E-state index >= 15 is 0 Å². The minimum atomic E-state index is -0.392. The molecule has 3 aliphatic rings. The maximum atomic E-state index is 12.9. The average molecular weight is 456 g/mol. The molecule has 2 atom stereocenters. The molecule has 0 bridgehead atoms. The van der Waals surface area contributed by atoms with E-state index in [0.29, 0.717) is 18.5 Å². The molecule has 1 N–H and O–H groups in total. The molecule has 0 aromatic heterocycles. The molecule has 3 aliphatic heterocycles. The second-order valence-corrected chi connectivity index (χ2v) is 8.91. The molecule has 4 rings (SSSR count). The molecule has 8 heteroatoms. The Morgan fingerprint density at radius 2 is 2.16 bits per heavy atom. The number of fused-ring (bicyclic) bond motifs is 1. The van der Waals surface area contributed by atoms with Gasteiger partial charge in [0.1, 0.15) is 0 Å². The van der Waals surface area contributed by atoms with Gasteiger partial charge in [-0.15, -0.1) is 0 Å². The van der Waals surface area contributed by atoms with Crippen LogP contribution in [0.1, 0.15) is 49.8 Å². The standard InChI is InChI=1S/C24H29N3O4S/c1-4-19-21(23(29)30-3)22(18-10-6-5-8-15(18)2)27-16(14-32-24(27)26-19)12-20(28)25-13-17-9-7-11-31-17/h5-6,8,10,14,17,22H,4,7,9,11-13H2,1-3H3,(H,25,28)/t17-,22-/m1/s1. The van der Waals surface area contributed by atoms with E-state index < -0.39 is 12.0 Å². The summed E-state index contributed by atoms with van der Waals surface area (Å²) in [6.07, 6.45) is 2.93. The van der Waals surface area contributed by atoms with Gasteiger partial charge in [0.15, 0.2) is 5.17 Å². The van der Waals surface area contributed by atoms with E-state index in [4.69, 9.17) is 14.5 Å². The number of allylic oxidation sites excluding steroid dienone is 1. The Bertz CT molecular complexity index is 995. The third-order valence-corrected chi connectivity index (χ3v) is 6.89. The maximum Gasteiger partial charge on any atom is 0.338 e. The highest BCUT2D eigenvalue weighted by atomic mass is 32.2. The van der Waals surface area contributed by atoms with Crippen molar-refractivity contribution >= 4 is 28.8 Å². The Morgan fingerprint density at radius 3 is 2.84 bits per heavy atom. The van der Waals surface area contributed by atoms with Crippen molar-refractivity contribution in [2.24, 2.45) is 4.99 Å². The van der Waals surface area contributed by atoms with Crippen LogP contribution in [0.4, 0.5) is 0 Å². The third-order valence-electron chi connectivity index (χ3n) is 6.00. The first-order chi connectivity index (χ1) is 15.5. The van der Waals surface area contributed by atoms with Crippen LogP contribution in [-0.4, -0.2) is 48.3 Å². The number of nitrogens with zero attached hydrogens (tertiary/aromatic N) is 2. The van der Waals surface area contributed by atoms with Gasteiger partial charge in [-0.25, -0.2) is 9.79 Å². The van der Waals surface area contributed by atoms with Crippen molar-refractivity contribution in [1.29, 1.82) is 0 Å². The van der Waals surface area contributed by atoms with Crippen molar-refractivity contribution in [3.8, 4) is 0 Å². The zero-order valence-corrected chi connectivity index (χ0v) is 19.5. The van der Waals surface area contributed by atoms with Gasteiger partial charge in [0.2, 0.25) is 5.91 Å². The van der Waals surface area contributed by atoms with E-state index in [9.17, 15) is 9.59 Å². The maximum absolute atomic E-state index is 12.9. The van der Waals surface area contributed by atoms with Gasteiger partial charge in [-0.05, 0) is 42.7 Å². The Hall–Kier alpha value is -2.58. The van der Waals surface area contributed by atoms with Crippen molar-refractivity contribution in [2.75, 3.05) is 20.3 Å². The summed E-state index contributed by atoms with van der Waals surface area (Å²) < 4.78 is 10.8. The van der Waals surface area contributed by atoms with Crippen LogP contribution in [0.25, 0.3) is 0 Å². The summed E-state index contributed by atoms with van der Waals surface area (Å²) in [7, 11) is 1.39. The van der Waals surface area contributed by atoms with E-state index in [1.165, 1.54) is 18.9 Å². The van der Waals surface area contributed by atoms with Crippen molar-refractivity contribution in [1.82, 2.24) is 10.2 Å². The highest BCUT2D eigenvalue weighted by molar-refractivity contribution is 8.16. The SMILES string of the molecule is CCC1=C(C(=O)OC)[C@@H](c2ccccc2C)N2C(CC(=O)NC[C@H]3CCCO3)=CSC2=N1. The summed E-state index contributed by atoms with van der Waals surface area (Å²) in [6.45, 7) is 5.30. The van der Waals surface area contributed by atoms with Crippen LogP contribution in [0.15, 0.2) is 51.6 Å². The van der Waals surface area contributed by atoms with E-state index in [2.05, 4.69) is 5.32 Å². The fourth-order valence-electron chi connectivity index (χ4n) is 4.36. The van der Waals surface area contributed by atoms with Gasteiger partial charge in [0.05, 0.1) is 36.9 Å². The van der Waals surface area contributed by atoms with Crippen molar-refractivity contribution in [3.05, 3.63) is 57.8 Å². The number of esters is 1. The largest absolute Gasteiger partial charge is 0.466 e. The van der Waals surface area contributed by atoms with Gasteiger partial charge < -0.3 is 19.7 Å². The molecule has 1 aromatic rings. The monoisotopic (exact) mass is 455 g/mol. The first kappa shape index (κ1) is 22.6. The van der Waals surface area contributed by atoms with Gasteiger partial charge in [0.25, 0.3) is 0 Å². The number of rotatable bonds is 7. The smallest absolute Gasteiger partial charge is 0.338 e. The summed E-state index contributed by atoms with van der Waals surface area (Å²) in [5.41, 5.74) is 4.14. The lowest BCUT2D eigenvalue weighted by Gasteiger charge is -2.37. The molecule has 0 aliphatic carbocycles. The number of carbonyl (C=O) groups is 2. The molecule has 0 saturated carbocycles. The van der Waals surface area contributed by atoms with Crippen molar-refractivity contribution in [3.63, 3.8) is 0 Å². The summed E-state index contributed by atoms with van der Waals surface area (Å²) in [4.78, 5) is 32.4. The number of aliphatic imine (C=N–C) groups is 1. The van der Waals surface area contributed by atoms with Crippen LogP contribution in [0.2, 0.25) is 0 Å². The first-order valence-electron chi connectivity index (χ1n) is 11.0. The molecular formula is C24H29N3O4S. The number of ether oxygens (including phenoxy) is 2. The summed E-state index contributed by atoms with van der Waals surface area (Å²) in [6, 6.07) is 7.61. The zero-order valence-electron chi connectivity index (χ0n) is 18.7. The number of methoxy groups -OCH3 is 1. The number of hydrogen-bond acceptors (Lipinski definition) is 7. The number of hydrogen-bond donors (Lipinski definition) is 1. The van der Waals surface area contributed by atoms with Crippen LogP contribution >= 0.6 is 11.8 Å². The third kappa shape index (κ3) is 4.47. The Balaban J connectivity index is 1.64. The molecule has 0 spiro atoms. The van der Waals surface area contributed by atoms with Crippen LogP contribution in [0, 0.1) is 6.92 Å². The molecule has 32 heavy (non-hydrogen) atoms. The predicted molar refractivity (Wildman–Crippen MR) is 125 cm³/mol. The number of carbonyl (C=O) groups excluding carboxylic acids is 2. The number of amidine groups is 1. The summed E-state index contributed by atoms with van der Waals surface area (Å²) >= 11 is 1.49. The lowest BCUT2D eigenvalue weighted by atomic mass is 9.90. The van der Waals surface area contributed by atoms with Crippen LogP contribution in [-0.2, 0) is 19.1 Å². The topological polar surface area (TPSA) is 80.2 Å². The van der Waals surface area contributed by atoms with E-state index in [-0.39, 0.29) is 18.4 Å². The number of aryl methyl sites for hydroxylation is 1. The molecular weight excluding hydrogens is 426 g/mol. The van der Waals surface area contributed by atoms with Crippen LogP contribution in [0.3, 0.4) is 0 Å². The second kappa shape index (κ2) is 9.92. The predicted octanol–water partition coefficient (Wildman–Crippen LogP) is 3.82. The Morgan fingerprint density at radius 1 is 1.34 bits per heavy atom. The van der Waals surface area contributed by atoms with Crippen molar-refractivity contribution in [2.45, 2.75) is 51.7 Å². The van der Waals surface area contributed by atoms with E-state index in [0.717, 1.165) is 47.1 Å². The molecule has 1 amide bonds. The van der Waals surface area contributed by atoms with E-state index in [1.54, 1.807) is 0 Å². The molecule has 170 valence electrons. The highest BCUT2D eigenvalue weighted by Gasteiger charge is 2.41. The minimum Gasteiger partial charge on any atom is -0.466 e.